The molecule has 1 aromatic rings. The van der Waals surface area contributed by atoms with Crippen molar-refractivity contribution in [3.63, 3.8) is 0 Å². The smallest absolute Gasteiger partial charge is 0.143 e. The Morgan fingerprint density at radius 1 is 1.50 bits per heavy atom. The van der Waals surface area contributed by atoms with E-state index in [2.05, 4.69) is 31.0 Å². The molecule has 1 heterocycles. The van der Waals surface area contributed by atoms with Crippen molar-refractivity contribution in [3.8, 4) is 5.75 Å². The van der Waals surface area contributed by atoms with Gasteiger partial charge < -0.3 is 14.4 Å². The Bertz CT molecular complexity index is 352. The van der Waals surface area contributed by atoms with E-state index in [0.717, 1.165) is 12.3 Å². The van der Waals surface area contributed by atoms with Crippen LogP contribution in [0.1, 0.15) is 13.0 Å². The van der Waals surface area contributed by atoms with Gasteiger partial charge in [0.15, 0.2) is 0 Å². The van der Waals surface area contributed by atoms with Crippen LogP contribution in [0, 0.1) is 6.92 Å². The highest BCUT2D eigenvalue weighted by Crippen LogP contribution is 2.33. The third-order valence-electron chi connectivity index (χ3n) is 2.65. The van der Waals surface area contributed by atoms with Gasteiger partial charge in [-0.15, -0.1) is 0 Å². The third kappa shape index (κ3) is 2.47. The summed E-state index contributed by atoms with van der Waals surface area (Å²) < 4.78 is 10.9. The molecule has 1 aliphatic rings. The van der Waals surface area contributed by atoms with Crippen LogP contribution in [-0.4, -0.2) is 33.4 Å². The Hall–Kier alpha value is -1.22. The molecule has 0 saturated heterocycles. The highest BCUT2D eigenvalue weighted by Gasteiger charge is 2.22. The summed E-state index contributed by atoms with van der Waals surface area (Å²) in [6, 6.07) is 6.25. The van der Waals surface area contributed by atoms with Gasteiger partial charge in [-0.1, -0.05) is 13.5 Å². The molecule has 0 fully saturated rings. The minimum absolute atomic E-state index is 0. The number of fused-ring (bicyclic) bond motifs is 1. The van der Waals surface area contributed by atoms with Crippen molar-refractivity contribution < 1.29 is 9.47 Å². The molecule has 0 radical (unpaired) electrons. The van der Waals surface area contributed by atoms with Crippen LogP contribution in [0.2, 0.25) is 0 Å². The molecular weight excluding hydrogens is 202 g/mol. The molecule has 0 saturated carbocycles. The third-order valence-corrected chi connectivity index (χ3v) is 2.65. The van der Waals surface area contributed by atoms with Crippen molar-refractivity contribution in [2.24, 2.45) is 0 Å². The topological polar surface area (TPSA) is 21.7 Å². The molecule has 1 atom stereocenters. The van der Waals surface area contributed by atoms with Crippen molar-refractivity contribution in [2.45, 2.75) is 20.5 Å². The lowest BCUT2D eigenvalue weighted by molar-refractivity contribution is 0.0801. The van der Waals surface area contributed by atoms with Crippen molar-refractivity contribution in [1.82, 2.24) is 0 Å². The zero-order chi connectivity index (χ0) is 10.8. The normalized spacial score (nSPS) is 18.4. The summed E-state index contributed by atoms with van der Waals surface area (Å²) in [7, 11) is 3.79. The number of aryl methyl sites for hydroxylation is 1. The largest absolute Gasteiger partial charge is 0.484 e. The average Bonchev–Trinajstić information content (AvgIpc) is 2.20. The highest BCUT2D eigenvalue weighted by molar-refractivity contribution is 5.61. The number of benzene rings is 1. The van der Waals surface area contributed by atoms with Crippen LogP contribution >= 0.6 is 0 Å². The van der Waals surface area contributed by atoms with E-state index in [4.69, 9.17) is 9.47 Å². The molecule has 0 spiro atoms. The van der Waals surface area contributed by atoms with Crippen molar-refractivity contribution in [1.29, 1.82) is 0 Å². The SMILES string of the molecule is C.COC[C@H]1CN(C)c2cc(C)ccc2O1. The summed E-state index contributed by atoms with van der Waals surface area (Å²) in [6.45, 7) is 3.61. The molecule has 1 aliphatic heterocycles. The zero-order valence-corrected chi connectivity index (χ0v) is 9.49. The molecule has 0 bridgehead atoms. The van der Waals surface area contributed by atoms with E-state index in [-0.39, 0.29) is 13.5 Å². The summed E-state index contributed by atoms with van der Waals surface area (Å²) in [5.74, 6) is 0.955. The quantitative estimate of drug-likeness (QED) is 0.769. The molecule has 0 amide bonds. The van der Waals surface area contributed by atoms with Gasteiger partial charge in [0.05, 0.1) is 18.8 Å². The number of hydrogen-bond donors (Lipinski definition) is 0. The predicted octanol–water partition coefficient (Wildman–Crippen LogP) is 2.47. The fourth-order valence-corrected chi connectivity index (χ4v) is 1.92. The molecule has 1 aromatic carbocycles. The van der Waals surface area contributed by atoms with Gasteiger partial charge in [-0.3, -0.25) is 0 Å². The molecular formula is C13H21NO2. The minimum atomic E-state index is 0. The number of hydrogen-bond acceptors (Lipinski definition) is 3. The standard InChI is InChI=1S/C12H17NO2.CH4/c1-9-4-5-12-11(6-9)13(2)7-10(15-12)8-14-3;/h4-6,10H,7-8H2,1-3H3;1H4/t10-;/m1./s1. The number of nitrogens with zero attached hydrogens (tertiary/aromatic N) is 1. The van der Waals surface area contributed by atoms with Crippen molar-refractivity contribution >= 4 is 5.69 Å². The highest BCUT2D eigenvalue weighted by atomic mass is 16.5. The van der Waals surface area contributed by atoms with Gasteiger partial charge in [0.25, 0.3) is 0 Å². The summed E-state index contributed by atoms with van der Waals surface area (Å²) in [5, 5.41) is 0. The summed E-state index contributed by atoms with van der Waals surface area (Å²) in [5.41, 5.74) is 2.43. The molecule has 0 aromatic heterocycles. The second-order valence-electron chi connectivity index (χ2n) is 4.05. The monoisotopic (exact) mass is 223 g/mol. The fourth-order valence-electron chi connectivity index (χ4n) is 1.92. The lowest BCUT2D eigenvalue weighted by Crippen LogP contribution is -2.40. The maximum atomic E-state index is 5.83. The molecule has 2 rings (SSSR count). The van der Waals surface area contributed by atoms with E-state index < -0.39 is 0 Å². The number of likely N-dealkylation sites (N-methyl/N-ethyl adjacent to an activating group) is 1. The molecule has 90 valence electrons. The first-order valence-electron chi connectivity index (χ1n) is 5.18. The van der Waals surface area contributed by atoms with Crippen molar-refractivity contribution in [3.05, 3.63) is 23.8 Å². The summed E-state index contributed by atoms with van der Waals surface area (Å²) in [4.78, 5) is 2.22. The van der Waals surface area contributed by atoms with E-state index in [9.17, 15) is 0 Å². The van der Waals surface area contributed by atoms with Crippen LogP contribution in [0.25, 0.3) is 0 Å². The van der Waals surface area contributed by atoms with Crippen LogP contribution in [0.4, 0.5) is 5.69 Å². The molecule has 16 heavy (non-hydrogen) atoms. The van der Waals surface area contributed by atoms with E-state index in [1.54, 1.807) is 7.11 Å². The second kappa shape index (κ2) is 5.21. The number of anilines is 1. The molecule has 0 N–H and O–H groups in total. The number of ether oxygens (including phenoxy) is 2. The molecule has 3 nitrogen and oxygen atoms in total. The van der Waals surface area contributed by atoms with E-state index >= 15 is 0 Å². The van der Waals surface area contributed by atoms with Gasteiger partial charge in [-0.05, 0) is 24.6 Å². The van der Waals surface area contributed by atoms with Gasteiger partial charge in [-0.2, -0.15) is 0 Å². The Balaban J connectivity index is 0.00000128. The summed E-state index contributed by atoms with van der Waals surface area (Å²) >= 11 is 0. The first-order chi connectivity index (χ1) is 7.20. The average molecular weight is 223 g/mol. The Kier molecular flexibility index (Phi) is 4.19. The maximum Gasteiger partial charge on any atom is 0.143 e. The van der Waals surface area contributed by atoms with Crippen LogP contribution in [0.15, 0.2) is 18.2 Å². The second-order valence-corrected chi connectivity index (χ2v) is 4.05. The fraction of sp³-hybridized carbons (Fsp3) is 0.538. The maximum absolute atomic E-state index is 5.83. The van der Waals surface area contributed by atoms with E-state index in [1.807, 2.05) is 6.07 Å². The first kappa shape index (κ1) is 12.8. The van der Waals surface area contributed by atoms with Gasteiger partial charge in [0, 0.05) is 14.2 Å². The van der Waals surface area contributed by atoms with Gasteiger partial charge >= 0.3 is 0 Å². The first-order valence-corrected chi connectivity index (χ1v) is 5.18. The Labute approximate surface area is 98.0 Å². The Morgan fingerprint density at radius 2 is 2.25 bits per heavy atom. The van der Waals surface area contributed by atoms with Crippen LogP contribution in [0.3, 0.4) is 0 Å². The summed E-state index contributed by atoms with van der Waals surface area (Å²) in [6.07, 6.45) is 0.134. The van der Waals surface area contributed by atoms with E-state index in [1.165, 1.54) is 11.3 Å². The lowest BCUT2D eigenvalue weighted by atomic mass is 10.1. The van der Waals surface area contributed by atoms with E-state index in [0.29, 0.717) is 6.61 Å². The van der Waals surface area contributed by atoms with Crippen LogP contribution in [-0.2, 0) is 4.74 Å². The van der Waals surface area contributed by atoms with Gasteiger partial charge in [0.2, 0.25) is 0 Å². The number of methoxy groups -OCH3 is 1. The molecule has 0 aliphatic carbocycles. The zero-order valence-electron chi connectivity index (χ0n) is 9.49. The molecule has 3 heteroatoms. The minimum Gasteiger partial charge on any atom is -0.484 e. The lowest BCUT2D eigenvalue weighted by Gasteiger charge is -2.33. The number of rotatable bonds is 2. The van der Waals surface area contributed by atoms with Crippen LogP contribution in [0.5, 0.6) is 5.75 Å². The van der Waals surface area contributed by atoms with Crippen LogP contribution < -0.4 is 9.64 Å². The van der Waals surface area contributed by atoms with Crippen molar-refractivity contribution in [2.75, 3.05) is 32.2 Å². The molecule has 0 unspecified atom stereocenters. The Morgan fingerprint density at radius 3 is 2.94 bits per heavy atom. The predicted molar refractivity (Wildman–Crippen MR) is 67.5 cm³/mol. The van der Waals surface area contributed by atoms with Gasteiger partial charge in [0.1, 0.15) is 11.9 Å². The van der Waals surface area contributed by atoms with Gasteiger partial charge in [-0.25, -0.2) is 0 Å².